The Bertz CT molecular complexity index is 916. The first kappa shape index (κ1) is 21.7. The van der Waals surface area contributed by atoms with E-state index in [0.29, 0.717) is 50.6 Å². The van der Waals surface area contributed by atoms with Crippen LogP contribution in [-0.4, -0.2) is 60.0 Å². The highest BCUT2D eigenvalue weighted by atomic mass is 35.5. The van der Waals surface area contributed by atoms with Crippen molar-refractivity contribution >= 4 is 29.1 Å². The van der Waals surface area contributed by atoms with Crippen LogP contribution >= 0.6 is 11.6 Å². The van der Waals surface area contributed by atoms with Crippen molar-refractivity contribution in [3.05, 3.63) is 47.2 Å². The van der Waals surface area contributed by atoms with E-state index in [4.69, 9.17) is 11.6 Å². The van der Waals surface area contributed by atoms with Crippen LogP contribution in [0.3, 0.4) is 0 Å². The molecule has 4 rings (SSSR count). The number of hydrogen-bond acceptors (Lipinski definition) is 5. The SMILES string of the molecule is O=C(C1CCCN(c2ncccc2C(F)(F)F)C1)N1CCN(c2ccc(Cl)cn2)CC1. The Morgan fingerprint density at radius 1 is 1.03 bits per heavy atom. The van der Waals surface area contributed by atoms with Crippen molar-refractivity contribution in [3.63, 3.8) is 0 Å². The fourth-order valence-corrected chi connectivity index (χ4v) is 4.32. The van der Waals surface area contributed by atoms with Crippen molar-refractivity contribution in [1.29, 1.82) is 0 Å². The van der Waals surface area contributed by atoms with Crippen LogP contribution in [0.25, 0.3) is 0 Å². The zero-order chi connectivity index (χ0) is 22.0. The number of nitrogens with zero attached hydrogens (tertiary/aromatic N) is 5. The van der Waals surface area contributed by atoms with Gasteiger partial charge in [-0.3, -0.25) is 4.79 Å². The average molecular weight is 454 g/mol. The van der Waals surface area contributed by atoms with Crippen LogP contribution in [0.4, 0.5) is 24.8 Å². The molecule has 0 radical (unpaired) electrons. The van der Waals surface area contributed by atoms with Crippen LogP contribution in [0.15, 0.2) is 36.7 Å². The van der Waals surface area contributed by atoms with E-state index in [-0.39, 0.29) is 24.2 Å². The molecular weight excluding hydrogens is 431 g/mol. The molecule has 1 amide bonds. The number of carbonyl (C=O) groups excluding carboxylic acids is 1. The van der Waals surface area contributed by atoms with Gasteiger partial charge in [0.15, 0.2) is 0 Å². The lowest BCUT2D eigenvalue weighted by Crippen LogP contribution is -2.53. The summed E-state index contributed by atoms with van der Waals surface area (Å²) in [5, 5.41) is 0.570. The Balaban J connectivity index is 1.39. The highest BCUT2D eigenvalue weighted by Crippen LogP contribution is 2.36. The molecule has 6 nitrogen and oxygen atoms in total. The van der Waals surface area contributed by atoms with Crippen LogP contribution < -0.4 is 9.80 Å². The number of alkyl halides is 3. The fourth-order valence-electron chi connectivity index (χ4n) is 4.21. The largest absolute Gasteiger partial charge is 0.419 e. The molecule has 31 heavy (non-hydrogen) atoms. The van der Waals surface area contributed by atoms with Crippen LogP contribution in [0, 0.1) is 5.92 Å². The fraction of sp³-hybridized carbons (Fsp3) is 0.476. The number of pyridine rings is 2. The molecule has 10 heteroatoms. The second-order valence-corrected chi connectivity index (χ2v) is 8.24. The van der Waals surface area contributed by atoms with Gasteiger partial charge in [0.2, 0.25) is 5.91 Å². The van der Waals surface area contributed by atoms with E-state index in [2.05, 4.69) is 14.9 Å². The van der Waals surface area contributed by atoms with Crippen molar-refractivity contribution < 1.29 is 18.0 Å². The highest BCUT2D eigenvalue weighted by Gasteiger charge is 2.38. The van der Waals surface area contributed by atoms with E-state index in [1.54, 1.807) is 17.2 Å². The van der Waals surface area contributed by atoms with Crippen LogP contribution in [-0.2, 0) is 11.0 Å². The predicted molar refractivity (Wildman–Crippen MR) is 112 cm³/mol. The summed E-state index contributed by atoms with van der Waals surface area (Å²) >= 11 is 5.89. The van der Waals surface area contributed by atoms with Crippen LogP contribution in [0.5, 0.6) is 0 Å². The molecule has 0 N–H and O–H groups in total. The van der Waals surface area contributed by atoms with Crippen LogP contribution in [0.2, 0.25) is 5.02 Å². The topological polar surface area (TPSA) is 52.6 Å². The highest BCUT2D eigenvalue weighted by molar-refractivity contribution is 6.30. The van der Waals surface area contributed by atoms with Crippen molar-refractivity contribution in [2.24, 2.45) is 5.92 Å². The Labute approximate surface area is 183 Å². The summed E-state index contributed by atoms with van der Waals surface area (Å²) < 4.78 is 40.2. The molecule has 2 fully saturated rings. The predicted octanol–water partition coefficient (Wildman–Crippen LogP) is 3.71. The van der Waals surface area contributed by atoms with Gasteiger partial charge in [0.05, 0.1) is 16.5 Å². The maximum absolute atomic E-state index is 13.4. The maximum Gasteiger partial charge on any atom is 0.419 e. The summed E-state index contributed by atoms with van der Waals surface area (Å²) in [6.07, 6.45) is -0.203. The third-order valence-corrected chi connectivity index (χ3v) is 6.01. The average Bonchev–Trinajstić information content (AvgIpc) is 2.79. The Kier molecular flexibility index (Phi) is 6.22. The van der Waals surface area contributed by atoms with Gasteiger partial charge < -0.3 is 14.7 Å². The van der Waals surface area contributed by atoms with E-state index < -0.39 is 11.7 Å². The lowest BCUT2D eigenvalue weighted by atomic mass is 9.95. The first-order chi connectivity index (χ1) is 14.8. The molecule has 2 saturated heterocycles. The van der Waals surface area contributed by atoms with E-state index in [9.17, 15) is 18.0 Å². The van der Waals surface area contributed by atoms with Gasteiger partial charge in [0, 0.05) is 51.7 Å². The normalized spacial score (nSPS) is 20.1. The number of rotatable bonds is 3. The second-order valence-electron chi connectivity index (χ2n) is 7.80. The summed E-state index contributed by atoms with van der Waals surface area (Å²) in [7, 11) is 0. The van der Waals surface area contributed by atoms with Gasteiger partial charge in [-0.25, -0.2) is 9.97 Å². The molecule has 0 aromatic carbocycles. The Hall–Kier alpha value is -2.55. The van der Waals surface area contributed by atoms with Gasteiger partial charge in [-0.05, 0) is 37.1 Å². The third-order valence-electron chi connectivity index (χ3n) is 5.79. The summed E-state index contributed by atoms with van der Waals surface area (Å²) in [4.78, 5) is 26.9. The van der Waals surface area contributed by atoms with Crippen molar-refractivity contribution in [3.8, 4) is 0 Å². The molecular formula is C21H23ClF3N5O. The monoisotopic (exact) mass is 453 g/mol. The van der Waals surface area contributed by atoms with E-state index in [0.717, 1.165) is 11.9 Å². The summed E-state index contributed by atoms with van der Waals surface area (Å²) in [6, 6.07) is 5.96. The van der Waals surface area contributed by atoms with E-state index in [1.807, 2.05) is 11.0 Å². The van der Waals surface area contributed by atoms with Gasteiger partial charge in [-0.2, -0.15) is 13.2 Å². The first-order valence-corrected chi connectivity index (χ1v) is 10.6. The Morgan fingerprint density at radius 2 is 1.81 bits per heavy atom. The van der Waals surface area contributed by atoms with Crippen LogP contribution in [0.1, 0.15) is 18.4 Å². The lowest BCUT2D eigenvalue weighted by Gasteiger charge is -2.40. The van der Waals surface area contributed by atoms with Gasteiger partial charge in [0.25, 0.3) is 0 Å². The first-order valence-electron chi connectivity index (χ1n) is 10.3. The molecule has 2 aliphatic rings. The molecule has 2 aliphatic heterocycles. The number of halogens is 4. The number of hydrogen-bond donors (Lipinski definition) is 0. The standard InChI is InChI=1S/C21H23ClF3N5O/c22-16-5-6-18(27-13-16)28-9-11-29(12-10-28)20(31)15-3-2-8-30(14-15)19-17(21(23,24)25)4-1-7-26-19/h1,4-7,13,15H,2-3,8-12,14H2. The number of piperidine rings is 1. The van der Waals surface area contributed by atoms with Crippen molar-refractivity contribution in [2.45, 2.75) is 19.0 Å². The van der Waals surface area contributed by atoms with Gasteiger partial charge in [-0.15, -0.1) is 0 Å². The molecule has 1 unspecified atom stereocenters. The minimum atomic E-state index is -4.48. The van der Waals surface area contributed by atoms with Gasteiger partial charge >= 0.3 is 6.18 Å². The van der Waals surface area contributed by atoms with Crippen molar-refractivity contribution in [1.82, 2.24) is 14.9 Å². The molecule has 0 aliphatic carbocycles. The minimum Gasteiger partial charge on any atom is -0.355 e. The lowest BCUT2D eigenvalue weighted by molar-refractivity contribution is -0.137. The molecule has 1 atom stereocenters. The molecule has 0 spiro atoms. The minimum absolute atomic E-state index is 0.00194. The quantitative estimate of drug-likeness (QED) is 0.709. The summed E-state index contributed by atoms with van der Waals surface area (Å²) in [5.74, 6) is 0.385. The molecule has 0 saturated carbocycles. The zero-order valence-electron chi connectivity index (χ0n) is 16.9. The van der Waals surface area contributed by atoms with Gasteiger partial charge in [-0.1, -0.05) is 11.6 Å². The smallest absolute Gasteiger partial charge is 0.355 e. The molecule has 2 aromatic heterocycles. The zero-order valence-corrected chi connectivity index (χ0v) is 17.6. The number of aromatic nitrogens is 2. The van der Waals surface area contributed by atoms with E-state index in [1.165, 1.54) is 12.3 Å². The van der Waals surface area contributed by atoms with E-state index >= 15 is 0 Å². The second kappa shape index (κ2) is 8.90. The molecule has 0 bridgehead atoms. The summed E-state index contributed by atoms with van der Waals surface area (Å²) in [6.45, 7) is 3.11. The summed E-state index contributed by atoms with van der Waals surface area (Å²) in [5.41, 5.74) is -0.757. The van der Waals surface area contributed by atoms with Crippen molar-refractivity contribution in [2.75, 3.05) is 49.1 Å². The Morgan fingerprint density at radius 3 is 2.48 bits per heavy atom. The molecule has 4 heterocycles. The van der Waals surface area contributed by atoms with Gasteiger partial charge in [0.1, 0.15) is 11.6 Å². The number of amides is 1. The number of anilines is 2. The molecule has 166 valence electrons. The third kappa shape index (κ3) is 4.87. The molecule has 2 aromatic rings. The maximum atomic E-state index is 13.4. The number of carbonyl (C=O) groups is 1. The number of piperazine rings is 1.